The summed E-state index contributed by atoms with van der Waals surface area (Å²) >= 11 is 0. The van der Waals surface area contributed by atoms with Crippen molar-refractivity contribution in [3.8, 4) is 0 Å². The van der Waals surface area contributed by atoms with E-state index in [9.17, 15) is 26.4 Å². The van der Waals surface area contributed by atoms with E-state index >= 15 is 0 Å². The van der Waals surface area contributed by atoms with Crippen molar-refractivity contribution in [1.82, 2.24) is 8.61 Å². The molecular weight excluding hydrogens is 484 g/mol. The average Bonchev–Trinajstić information content (AvgIpc) is 2.87. The van der Waals surface area contributed by atoms with Gasteiger partial charge in [0.2, 0.25) is 20.0 Å². The van der Waals surface area contributed by atoms with Crippen molar-refractivity contribution in [2.45, 2.75) is 9.79 Å². The molecule has 34 heavy (non-hydrogen) atoms. The van der Waals surface area contributed by atoms with Gasteiger partial charge in [-0.2, -0.15) is 8.61 Å². The number of morpholine rings is 2. The second kappa shape index (κ2) is 8.63. The summed E-state index contributed by atoms with van der Waals surface area (Å²) in [6.45, 7) is 1.86. The number of hydrogen-bond acceptors (Lipinski definition) is 8. The van der Waals surface area contributed by atoms with Gasteiger partial charge in [-0.15, -0.1) is 0 Å². The van der Waals surface area contributed by atoms with E-state index in [1.807, 2.05) is 0 Å². The number of ketones is 2. The maximum absolute atomic E-state index is 13.4. The number of carbonyl (C=O) groups is 2. The first-order valence-electron chi connectivity index (χ1n) is 10.7. The molecule has 2 aromatic rings. The molecule has 0 spiro atoms. The summed E-state index contributed by atoms with van der Waals surface area (Å²) in [5.74, 6) is -1.06. The topological polar surface area (TPSA) is 127 Å². The second-order valence-corrected chi connectivity index (χ2v) is 12.0. The zero-order valence-electron chi connectivity index (χ0n) is 18.1. The Labute approximate surface area is 197 Å². The van der Waals surface area contributed by atoms with Crippen LogP contribution in [0.15, 0.2) is 46.2 Å². The Morgan fingerprint density at radius 2 is 0.912 bits per heavy atom. The van der Waals surface area contributed by atoms with Gasteiger partial charge in [0.1, 0.15) is 0 Å². The van der Waals surface area contributed by atoms with E-state index in [1.165, 1.54) is 45.0 Å². The monoisotopic (exact) mass is 506 g/mol. The first-order valence-corrected chi connectivity index (χ1v) is 13.6. The summed E-state index contributed by atoms with van der Waals surface area (Å²) in [6, 6.07) is 7.71. The number of ether oxygens (including phenoxy) is 2. The van der Waals surface area contributed by atoms with Crippen LogP contribution in [0.4, 0.5) is 0 Å². The SMILES string of the molecule is O=C1c2ccc(S(=O)(=O)N3CCOCC3)cc2C(=O)c2cc(S(=O)(=O)N3CCOCC3)ccc21. The molecule has 2 aromatic carbocycles. The van der Waals surface area contributed by atoms with Gasteiger partial charge in [0.15, 0.2) is 11.6 Å². The zero-order chi connectivity index (χ0) is 24.1. The van der Waals surface area contributed by atoms with Crippen molar-refractivity contribution >= 4 is 31.6 Å². The third-order valence-corrected chi connectivity index (χ3v) is 9.97. The fraction of sp³-hybridized carbons (Fsp3) is 0.364. The highest BCUT2D eigenvalue weighted by Gasteiger charge is 2.35. The number of carbonyl (C=O) groups excluding carboxylic acids is 2. The summed E-state index contributed by atoms with van der Waals surface area (Å²) in [5.41, 5.74) is 0.0462. The number of rotatable bonds is 4. The fourth-order valence-corrected chi connectivity index (χ4v) is 7.17. The fourth-order valence-electron chi connectivity index (χ4n) is 4.30. The first-order chi connectivity index (χ1) is 16.2. The van der Waals surface area contributed by atoms with Crippen LogP contribution in [0.1, 0.15) is 31.8 Å². The predicted molar refractivity (Wildman–Crippen MR) is 119 cm³/mol. The molecule has 0 bridgehead atoms. The van der Waals surface area contributed by atoms with Crippen molar-refractivity contribution in [2.24, 2.45) is 0 Å². The minimum Gasteiger partial charge on any atom is -0.379 e. The van der Waals surface area contributed by atoms with E-state index in [2.05, 4.69) is 0 Å². The van der Waals surface area contributed by atoms with Crippen LogP contribution in [0, 0.1) is 0 Å². The van der Waals surface area contributed by atoms with Crippen LogP contribution in [0.5, 0.6) is 0 Å². The highest BCUT2D eigenvalue weighted by atomic mass is 32.2. The van der Waals surface area contributed by atoms with Gasteiger partial charge in [0.25, 0.3) is 0 Å². The maximum Gasteiger partial charge on any atom is 0.243 e. The third-order valence-electron chi connectivity index (χ3n) is 6.18. The van der Waals surface area contributed by atoms with Crippen LogP contribution in [0.25, 0.3) is 0 Å². The minimum atomic E-state index is -3.88. The van der Waals surface area contributed by atoms with Crippen molar-refractivity contribution in [3.05, 3.63) is 58.7 Å². The van der Waals surface area contributed by atoms with Gasteiger partial charge in [-0.1, -0.05) is 0 Å². The number of nitrogens with zero attached hydrogens (tertiary/aromatic N) is 2. The molecule has 10 nitrogen and oxygen atoms in total. The van der Waals surface area contributed by atoms with Crippen molar-refractivity contribution in [1.29, 1.82) is 0 Å². The summed E-state index contributed by atoms with van der Waals surface area (Å²) in [6.07, 6.45) is 0. The largest absolute Gasteiger partial charge is 0.379 e. The first kappa shape index (κ1) is 23.3. The second-order valence-electron chi connectivity index (χ2n) is 8.11. The molecule has 0 atom stereocenters. The molecule has 5 rings (SSSR count). The van der Waals surface area contributed by atoms with E-state index in [0.717, 1.165) is 0 Å². The molecule has 2 fully saturated rings. The number of benzene rings is 2. The average molecular weight is 507 g/mol. The quantitative estimate of drug-likeness (QED) is 0.501. The standard InChI is InChI=1S/C22H22N2O8S2/c25-21-17-3-1-15(33(27,28)23-5-9-31-10-6-23)13-19(17)22(26)20-14-16(2-4-18(20)21)34(29,30)24-7-11-32-12-8-24/h1-4,13-14H,5-12H2. The molecule has 2 saturated heterocycles. The molecule has 2 aliphatic heterocycles. The Bertz CT molecular complexity index is 1290. The van der Waals surface area contributed by atoms with Gasteiger partial charge >= 0.3 is 0 Å². The van der Waals surface area contributed by atoms with Crippen LogP contribution in [-0.2, 0) is 29.5 Å². The highest BCUT2D eigenvalue weighted by molar-refractivity contribution is 7.89. The molecule has 0 amide bonds. The predicted octanol–water partition coefficient (Wildman–Crippen LogP) is 0.504. The minimum absolute atomic E-state index is 0.0623. The van der Waals surface area contributed by atoms with Crippen molar-refractivity contribution in [3.63, 3.8) is 0 Å². The van der Waals surface area contributed by atoms with Crippen molar-refractivity contribution < 1.29 is 35.9 Å². The molecule has 0 N–H and O–H groups in total. The van der Waals surface area contributed by atoms with E-state index in [-0.39, 0.29) is 84.7 Å². The third kappa shape index (κ3) is 3.80. The molecular formula is C22H22N2O8S2. The van der Waals surface area contributed by atoms with Gasteiger partial charge in [-0.05, 0) is 36.4 Å². The van der Waals surface area contributed by atoms with Gasteiger partial charge in [-0.25, -0.2) is 16.8 Å². The van der Waals surface area contributed by atoms with Crippen LogP contribution in [0.2, 0.25) is 0 Å². The van der Waals surface area contributed by atoms with Gasteiger partial charge in [-0.3, -0.25) is 9.59 Å². The Kier molecular flexibility index (Phi) is 5.91. The molecule has 12 heteroatoms. The molecule has 0 unspecified atom stereocenters. The van der Waals surface area contributed by atoms with Gasteiger partial charge in [0, 0.05) is 48.4 Å². The lowest BCUT2D eigenvalue weighted by molar-refractivity contribution is 0.0730. The smallest absolute Gasteiger partial charge is 0.243 e. The molecule has 1 aliphatic carbocycles. The Morgan fingerprint density at radius 3 is 1.29 bits per heavy atom. The lowest BCUT2D eigenvalue weighted by Gasteiger charge is -2.27. The number of fused-ring (bicyclic) bond motifs is 2. The van der Waals surface area contributed by atoms with E-state index in [0.29, 0.717) is 0 Å². The van der Waals surface area contributed by atoms with Gasteiger partial charge in [0.05, 0.1) is 36.2 Å². The normalized spacial score (nSPS) is 20.1. The Morgan fingerprint density at radius 1 is 0.559 bits per heavy atom. The summed E-state index contributed by atoms with van der Waals surface area (Å²) in [7, 11) is -7.77. The molecule has 180 valence electrons. The zero-order valence-corrected chi connectivity index (χ0v) is 19.7. The molecule has 2 heterocycles. The molecule has 0 saturated carbocycles. The number of hydrogen-bond donors (Lipinski definition) is 0. The number of sulfonamides is 2. The van der Waals surface area contributed by atoms with Crippen LogP contribution in [-0.4, -0.2) is 89.6 Å². The Hall–Kier alpha value is -2.48. The molecule has 3 aliphatic rings. The summed E-state index contributed by atoms with van der Waals surface area (Å²) in [4.78, 5) is 26.2. The summed E-state index contributed by atoms with van der Waals surface area (Å²) in [5, 5.41) is 0. The lowest BCUT2D eigenvalue weighted by Crippen LogP contribution is -2.40. The van der Waals surface area contributed by atoms with E-state index < -0.39 is 31.6 Å². The van der Waals surface area contributed by atoms with Crippen molar-refractivity contribution in [2.75, 3.05) is 52.6 Å². The summed E-state index contributed by atoms with van der Waals surface area (Å²) < 4.78 is 65.1. The lowest BCUT2D eigenvalue weighted by atomic mass is 9.84. The molecule has 0 aromatic heterocycles. The van der Waals surface area contributed by atoms with Gasteiger partial charge < -0.3 is 9.47 Å². The Balaban J connectivity index is 1.54. The van der Waals surface area contributed by atoms with Crippen LogP contribution >= 0.6 is 0 Å². The maximum atomic E-state index is 13.4. The van der Waals surface area contributed by atoms with E-state index in [4.69, 9.17) is 9.47 Å². The van der Waals surface area contributed by atoms with Crippen LogP contribution in [0.3, 0.4) is 0 Å². The molecule has 0 radical (unpaired) electrons. The van der Waals surface area contributed by atoms with E-state index in [1.54, 1.807) is 0 Å². The highest BCUT2D eigenvalue weighted by Crippen LogP contribution is 2.32. The van der Waals surface area contributed by atoms with Crippen LogP contribution < -0.4 is 0 Å².